The molecule has 0 N–H and O–H groups in total. The Morgan fingerprint density at radius 1 is 1.04 bits per heavy atom. The van der Waals surface area contributed by atoms with Crippen molar-refractivity contribution in [1.29, 1.82) is 0 Å². The SMILES string of the molecule is Cc1ccc(S(=O)(=O)N=S(C)(=O)Cc2cc(Cl)nc(Cl)c2)cc1. The van der Waals surface area contributed by atoms with Gasteiger partial charge in [0.05, 0.1) is 20.4 Å². The second-order valence-corrected chi connectivity index (χ2v) is 10.1. The van der Waals surface area contributed by atoms with E-state index in [-0.39, 0.29) is 21.0 Å². The molecule has 9 heteroatoms. The third-order valence-electron chi connectivity index (χ3n) is 2.83. The summed E-state index contributed by atoms with van der Waals surface area (Å²) in [4.78, 5) is 3.79. The first-order valence-corrected chi connectivity index (χ1v) is 10.7. The van der Waals surface area contributed by atoms with Crippen LogP contribution >= 0.6 is 23.2 Å². The molecule has 0 saturated heterocycles. The monoisotopic (exact) mass is 392 g/mol. The smallest absolute Gasteiger partial charge is 0.249 e. The molecule has 0 aliphatic carbocycles. The van der Waals surface area contributed by atoms with Crippen LogP contribution in [0, 0.1) is 6.92 Å². The van der Waals surface area contributed by atoms with Crippen LogP contribution in [-0.2, 0) is 25.5 Å². The van der Waals surface area contributed by atoms with E-state index in [9.17, 15) is 12.6 Å². The molecule has 1 heterocycles. The van der Waals surface area contributed by atoms with Gasteiger partial charge in [0.2, 0.25) is 0 Å². The maximum Gasteiger partial charge on any atom is 0.290 e. The Kier molecular flexibility index (Phi) is 5.35. The summed E-state index contributed by atoms with van der Waals surface area (Å²) in [7, 11) is -7.05. The number of hydrogen-bond donors (Lipinski definition) is 0. The quantitative estimate of drug-likeness (QED) is 0.743. The molecule has 0 bridgehead atoms. The van der Waals surface area contributed by atoms with Gasteiger partial charge in [-0.05, 0) is 36.8 Å². The molecule has 124 valence electrons. The number of nitrogens with zero attached hydrogens (tertiary/aromatic N) is 2. The van der Waals surface area contributed by atoms with Crippen molar-refractivity contribution in [3.63, 3.8) is 0 Å². The van der Waals surface area contributed by atoms with Crippen LogP contribution in [-0.4, -0.2) is 23.9 Å². The van der Waals surface area contributed by atoms with Crippen LogP contribution in [0.1, 0.15) is 11.1 Å². The summed E-state index contributed by atoms with van der Waals surface area (Å²) in [6.07, 6.45) is 1.28. The average Bonchev–Trinajstić information content (AvgIpc) is 2.35. The van der Waals surface area contributed by atoms with E-state index in [1.165, 1.54) is 30.5 Å². The molecule has 23 heavy (non-hydrogen) atoms. The van der Waals surface area contributed by atoms with Crippen LogP contribution in [0.3, 0.4) is 0 Å². The van der Waals surface area contributed by atoms with E-state index >= 15 is 0 Å². The summed E-state index contributed by atoms with van der Waals surface area (Å²) in [5, 5.41) is 0.285. The van der Waals surface area contributed by atoms with Gasteiger partial charge in [-0.25, -0.2) is 9.19 Å². The Bertz CT molecular complexity index is 928. The lowest BCUT2D eigenvalue weighted by atomic mass is 10.2. The summed E-state index contributed by atoms with van der Waals surface area (Å²) in [6.45, 7) is 1.84. The number of hydrogen-bond acceptors (Lipinski definition) is 4. The fraction of sp³-hybridized carbons (Fsp3) is 0.214. The Hall–Kier alpha value is -1.15. The van der Waals surface area contributed by atoms with E-state index in [1.807, 2.05) is 6.92 Å². The molecule has 2 rings (SSSR count). The largest absolute Gasteiger partial charge is 0.290 e. The second kappa shape index (κ2) is 6.76. The lowest BCUT2D eigenvalue weighted by Crippen LogP contribution is -2.07. The Labute approximate surface area is 145 Å². The van der Waals surface area contributed by atoms with Crippen molar-refractivity contribution >= 4 is 43.0 Å². The fourth-order valence-corrected chi connectivity index (χ4v) is 5.88. The third-order valence-corrected chi connectivity index (χ3v) is 7.00. The van der Waals surface area contributed by atoms with Gasteiger partial charge >= 0.3 is 0 Å². The van der Waals surface area contributed by atoms with Gasteiger partial charge in [0.15, 0.2) is 0 Å². The fourth-order valence-electron chi connectivity index (χ4n) is 1.89. The van der Waals surface area contributed by atoms with E-state index in [0.717, 1.165) is 5.56 Å². The Balaban J connectivity index is 2.39. The van der Waals surface area contributed by atoms with Gasteiger partial charge in [-0.2, -0.15) is 8.42 Å². The number of aryl methyl sites for hydroxylation is 1. The van der Waals surface area contributed by atoms with E-state index in [0.29, 0.717) is 5.56 Å². The summed E-state index contributed by atoms with van der Waals surface area (Å²) in [5.74, 6) is -0.0972. The Morgan fingerprint density at radius 3 is 2.09 bits per heavy atom. The van der Waals surface area contributed by atoms with Gasteiger partial charge in [-0.3, -0.25) is 0 Å². The number of halogens is 2. The van der Waals surface area contributed by atoms with E-state index in [4.69, 9.17) is 23.2 Å². The van der Waals surface area contributed by atoms with Crippen LogP contribution < -0.4 is 0 Å². The highest BCUT2D eigenvalue weighted by Gasteiger charge is 2.17. The summed E-state index contributed by atoms with van der Waals surface area (Å²) < 4.78 is 40.7. The van der Waals surface area contributed by atoms with Gasteiger partial charge in [-0.15, -0.1) is 3.77 Å². The van der Waals surface area contributed by atoms with Crippen molar-refractivity contribution < 1.29 is 12.6 Å². The lowest BCUT2D eigenvalue weighted by molar-refractivity contribution is 0.598. The highest BCUT2D eigenvalue weighted by atomic mass is 35.5. The molecule has 5 nitrogen and oxygen atoms in total. The first kappa shape index (κ1) is 18.2. The molecule has 0 amide bonds. The van der Waals surface area contributed by atoms with E-state index < -0.39 is 19.8 Å². The molecule has 0 aliphatic heterocycles. The highest BCUT2D eigenvalue weighted by Crippen LogP contribution is 2.20. The van der Waals surface area contributed by atoms with Crippen molar-refractivity contribution in [3.8, 4) is 0 Å². The first-order valence-electron chi connectivity index (χ1n) is 6.42. The van der Waals surface area contributed by atoms with Crippen LogP contribution in [0.2, 0.25) is 10.3 Å². The van der Waals surface area contributed by atoms with Crippen LogP contribution in [0.4, 0.5) is 0 Å². The molecule has 0 radical (unpaired) electrons. The molecule has 1 aromatic carbocycles. The summed E-state index contributed by atoms with van der Waals surface area (Å²) in [6, 6.07) is 9.13. The minimum atomic E-state index is -4.01. The average molecular weight is 393 g/mol. The number of pyridine rings is 1. The molecule has 0 saturated carbocycles. The number of sulfonamides is 1. The molecular weight excluding hydrogens is 379 g/mol. The Morgan fingerprint density at radius 2 is 1.57 bits per heavy atom. The number of rotatable bonds is 4. The predicted molar refractivity (Wildman–Crippen MR) is 92.8 cm³/mol. The number of aromatic nitrogens is 1. The zero-order valence-electron chi connectivity index (χ0n) is 12.4. The number of benzene rings is 1. The molecule has 0 fully saturated rings. The van der Waals surface area contributed by atoms with Gasteiger partial charge in [0, 0.05) is 6.26 Å². The molecule has 1 atom stereocenters. The van der Waals surface area contributed by atoms with Gasteiger partial charge in [0.1, 0.15) is 10.3 Å². The minimum Gasteiger partial charge on any atom is -0.249 e. The van der Waals surface area contributed by atoms with Crippen molar-refractivity contribution in [2.75, 3.05) is 6.26 Å². The van der Waals surface area contributed by atoms with Crippen molar-refractivity contribution in [3.05, 3.63) is 57.8 Å². The first-order chi connectivity index (χ1) is 10.6. The molecule has 2 aromatic rings. The zero-order valence-corrected chi connectivity index (χ0v) is 15.5. The summed E-state index contributed by atoms with van der Waals surface area (Å²) in [5.41, 5.74) is 1.42. The topological polar surface area (TPSA) is 76.5 Å². The van der Waals surface area contributed by atoms with E-state index in [1.54, 1.807) is 12.1 Å². The van der Waals surface area contributed by atoms with E-state index in [2.05, 4.69) is 8.75 Å². The molecular formula is C14H14Cl2N2O3S2. The second-order valence-electron chi connectivity index (χ2n) is 5.09. The van der Waals surface area contributed by atoms with Crippen molar-refractivity contribution in [2.45, 2.75) is 17.6 Å². The maximum atomic E-state index is 12.6. The van der Waals surface area contributed by atoms with Crippen LogP contribution in [0.15, 0.2) is 45.1 Å². The van der Waals surface area contributed by atoms with Gasteiger partial charge < -0.3 is 0 Å². The van der Waals surface area contributed by atoms with Crippen LogP contribution in [0.25, 0.3) is 0 Å². The van der Waals surface area contributed by atoms with Crippen molar-refractivity contribution in [2.24, 2.45) is 3.77 Å². The van der Waals surface area contributed by atoms with Gasteiger partial charge in [-0.1, -0.05) is 40.9 Å². The molecule has 1 aromatic heterocycles. The molecule has 1 unspecified atom stereocenters. The molecule has 0 aliphatic rings. The maximum absolute atomic E-state index is 12.6. The predicted octanol–water partition coefficient (Wildman–Crippen LogP) is 3.68. The van der Waals surface area contributed by atoms with Gasteiger partial charge in [0.25, 0.3) is 10.0 Å². The zero-order chi connectivity index (χ0) is 17.3. The molecule has 0 spiro atoms. The normalized spacial score (nSPS) is 14.3. The lowest BCUT2D eigenvalue weighted by Gasteiger charge is -2.06. The van der Waals surface area contributed by atoms with Crippen LogP contribution in [0.5, 0.6) is 0 Å². The van der Waals surface area contributed by atoms with Crippen molar-refractivity contribution in [1.82, 2.24) is 4.98 Å². The standard InChI is InChI=1S/C14H14Cl2N2O3S2/c1-10-3-5-12(6-4-10)23(20,21)18-22(2,19)9-11-7-13(15)17-14(16)8-11/h3-8H,9H2,1-2H3. The third kappa shape index (κ3) is 5.17. The summed E-state index contributed by atoms with van der Waals surface area (Å²) >= 11 is 11.6. The highest BCUT2D eigenvalue weighted by molar-refractivity contribution is 8.02. The minimum absolute atomic E-state index is 0.00321.